The lowest BCUT2D eigenvalue weighted by atomic mass is 9.77. The predicted molar refractivity (Wildman–Crippen MR) is 67.4 cm³/mol. The van der Waals surface area contributed by atoms with Crippen LogP contribution in [0.3, 0.4) is 0 Å². The molecule has 1 saturated heterocycles. The van der Waals surface area contributed by atoms with Gasteiger partial charge < -0.3 is 4.74 Å². The van der Waals surface area contributed by atoms with Crippen LogP contribution in [0.1, 0.15) is 32.6 Å². The number of morpholine rings is 1. The molecule has 2 fully saturated rings. The summed E-state index contributed by atoms with van der Waals surface area (Å²) in [7, 11) is 0. The second-order valence-electron chi connectivity index (χ2n) is 5.37. The molecular weight excluding hydrogens is 226 g/mol. The molecule has 1 aliphatic heterocycles. The largest absolute Gasteiger partial charge is 0.361 e. The van der Waals surface area contributed by atoms with E-state index >= 15 is 0 Å². The van der Waals surface area contributed by atoms with Gasteiger partial charge in [0.15, 0.2) is 6.10 Å². The van der Waals surface area contributed by atoms with Crippen molar-refractivity contribution in [3.05, 3.63) is 0 Å². The summed E-state index contributed by atoms with van der Waals surface area (Å²) >= 11 is 0. The van der Waals surface area contributed by atoms with E-state index in [1.165, 1.54) is 12.8 Å². The molecule has 0 spiro atoms. The summed E-state index contributed by atoms with van der Waals surface area (Å²) in [6.45, 7) is 4.36. The van der Waals surface area contributed by atoms with Gasteiger partial charge >= 0.3 is 0 Å². The van der Waals surface area contributed by atoms with Gasteiger partial charge in [0.25, 0.3) is 0 Å². The van der Waals surface area contributed by atoms with Gasteiger partial charge in [-0.3, -0.25) is 4.90 Å². The SMILES string of the molecule is CCC1CCC(C#N)C(N2CCOC(C#N)C2)C1. The first-order chi connectivity index (χ1) is 8.78. The van der Waals surface area contributed by atoms with Gasteiger partial charge in [-0.25, -0.2) is 0 Å². The van der Waals surface area contributed by atoms with Crippen molar-refractivity contribution in [2.45, 2.75) is 44.8 Å². The lowest BCUT2D eigenvalue weighted by molar-refractivity contribution is -0.0348. The van der Waals surface area contributed by atoms with Crippen molar-refractivity contribution < 1.29 is 4.74 Å². The topological polar surface area (TPSA) is 60.1 Å². The fraction of sp³-hybridized carbons (Fsp3) is 0.857. The van der Waals surface area contributed by atoms with Gasteiger partial charge in [0.05, 0.1) is 24.7 Å². The predicted octanol–water partition coefficient (Wildman–Crippen LogP) is 1.93. The van der Waals surface area contributed by atoms with Crippen LogP contribution in [0.2, 0.25) is 0 Å². The monoisotopic (exact) mass is 247 g/mol. The Bertz CT molecular complexity index is 357. The molecule has 4 atom stereocenters. The Balaban J connectivity index is 2.03. The minimum absolute atomic E-state index is 0.130. The average molecular weight is 247 g/mol. The Morgan fingerprint density at radius 3 is 2.78 bits per heavy atom. The van der Waals surface area contributed by atoms with E-state index in [1.54, 1.807) is 0 Å². The van der Waals surface area contributed by atoms with Crippen LogP contribution in [0, 0.1) is 34.5 Å². The van der Waals surface area contributed by atoms with Crippen molar-refractivity contribution in [3.63, 3.8) is 0 Å². The maximum atomic E-state index is 9.30. The van der Waals surface area contributed by atoms with Gasteiger partial charge in [0.1, 0.15) is 0 Å². The molecule has 98 valence electrons. The van der Waals surface area contributed by atoms with Crippen molar-refractivity contribution in [1.82, 2.24) is 4.90 Å². The molecule has 4 nitrogen and oxygen atoms in total. The number of nitriles is 2. The molecule has 0 bridgehead atoms. The number of ether oxygens (including phenoxy) is 1. The van der Waals surface area contributed by atoms with Crippen molar-refractivity contribution in [1.29, 1.82) is 10.5 Å². The quantitative estimate of drug-likeness (QED) is 0.748. The van der Waals surface area contributed by atoms with E-state index in [1.807, 2.05) is 0 Å². The van der Waals surface area contributed by atoms with Crippen LogP contribution in [0.15, 0.2) is 0 Å². The van der Waals surface area contributed by atoms with E-state index in [9.17, 15) is 5.26 Å². The molecule has 0 aromatic heterocycles. The molecule has 4 heteroatoms. The second kappa shape index (κ2) is 6.18. The Hall–Kier alpha value is -1.10. The molecule has 1 heterocycles. The van der Waals surface area contributed by atoms with E-state index < -0.39 is 0 Å². The number of hydrogen-bond donors (Lipinski definition) is 0. The van der Waals surface area contributed by atoms with E-state index in [0.29, 0.717) is 19.2 Å². The molecule has 0 N–H and O–H groups in total. The minimum Gasteiger partial charge on any atom is -0.361 e. The number of rotatable bonds is 2. The molecule has 1 aliphatic carbocycles. The molecule has 0 radical (unpaired) electrons. The normalized spacial score (nSPS) is 37.7. The van der Waals surface area contributed by atoms with Crippen LogP contribution >= 0.6 is 0 Å². The summed E-state index contributed by atoms with van der Waals surface area (Å²) in [5, 5.41) is 18.3. The fourth-order valence-corrected chi connectivity index (χ4v) is 3.20. The second-order valence-corrected chi connectivity index (χ2v) is 5.37. The highest BCUT2D eigenvalue weighted by Gasteiger charge is 2.36. The summed E-state index contributed by atoms with van der Waals surface area (Å²) < 4.78 is 5.38. The average Bonchev–Trinajstić information content (AvgIpc) is 2.46. The Morgan fingerprint density at radius 2 is 2.11 bits per heavy atom. The molecular formula is C14H21N3O. The van der Waals surface area contributed by atoms with Crippen molar-refractivity contribution in [2.75, 3.05) is 19.7 Å². The summed E-state index contributed by atoms with van der Waals surface area (Å²) in [6, 6.07) is 4.97. The van der Waals surface area contributed by atoms with Crippen LogP contribution in [-0.4, -0.2) is 36.7 Å². The van der Waals surface area contributed by atoms with Crippen LogP contribution in [0.4, 0.5) is 0 Å². The van der Waals surface area contributed by atoms with E-state index in [-0.39, 0.29) is 12.0 Å². The smallest absolute Gasteiger partial charge is 0.156 e. The highest BCUT2D eigenvalue weighted by atomic mass is 16.5. The molecule has 2 rings (SSSR count). The maximum Gasteiger partial charge on any atom is 0.156 e. The first kappa shape index (κ1) is 13.3. The molecule has 18 heavy (non-hydrogen) atoms. The van der Waals surface area contributed by atoms with Gasteiger partial charge in [-0.15, -0.1) is 0 Å². The van der Waals surface area contributed by atoms with Gasteiger partial charge in [0.2, 0.25) is 0 Å². The van der Waals surface area contributed by atoms with Crippen LogP contribution < -0.4 is 0 Å². The van der Waals surface area contributed by atoms with Crippen LogP contribution in [0.25, 0.3) is 0 Å². The highest BCUT2D eigenvalue weighted by molar-refractivity contribution is 5.00. The Kier molecular flexibility index (Phi) is 4.58. The first-order valence-electron chi connectivity index (χ1n) is 6.93. The molecule has 0 aromatic carbocycles. The summed E-state index contributed by atoms with van der Waals surface area (Å²) in [5.74, 6) is 0.869. The van der Waals surface area contributed by atoms with Gasteiger partial charge in [-0.2, -0.15) is 10.5 Å². The van der Waals surface area contributed by atoms with Crippen molar-refractivity contribution in [3.8, 4) is 12.1 Å². The summed E-state index contributed by atoms with van der Waals surface area (Å²) in [6.07, 6.45) is 4.17. The Morgan fingerprint density at radius 1 is 1.28 bits per heavy atom. The van der Waals surface area contributed by atoms with E-state index in [4.69, 9.17) is 10.00 Å². The lowest BCUT2D eigenvalue weighted by Gasteiger charge is -2.42. The third kappa shape index (κ3) is 2.83. The summed E-state index contributed by atoms with van der Waals surface area (Å²) in [4.78, 5) is 2.31. The molecule has 4 unspecified atom stereocenters. The standard InChI is InChI=1S/C14H21N3O/c1-2-11-3-4-12(8-15)14(7-11)17-5-6-18-13(9-16)10-17/h11-14H,2-7,10H2,1H3. The molecule has 2 aliphatic rings. The number of nitrogens with zero attached hydrogens (tertiary/aromatic N) is 3. The van der Waals surface area contributed by atoms with Crippen LogP contribution in [0.5, 0.6) is 0 Å². The van der Waals surface area contributed by atoms with Crippen molar-refractivity contribution >= 4 is 0 Å². The van der Waals surface area contributed by atoms with E-state index in [2.05, 4.69) is 24.0 Å². The molecule has 0 amide bonds. The third-order valence-electron chi connectivity index (χ3n) is 4.38. The molecule has 1 saturated carbocycles. The van der Waals surface area contributed by atoms with Crippen LogP contribution in [-0.2, 0) is 4.74 Å². The minimum atomic E-state index is -0.319. The Labute approximate surface area is 109 Å². The van der Waals surface area contributed by atoms with Gasteiger partial charge in [-0.1, -0.05) is 13.3 Å². The van der Waals surface area contributed by atoms with Crippen molar-refractivity contribution in [2.24, 2.45) is 11.8 Å². The molecule has 0 aromatic rings. The highest BCUT2D eigenvalue weighted by Crippen LogP contribution is 2.34. The van der Waals surface area contributed by atoms with E-state index in [0.717, 1.165) is 25.3 Å². The fourth-order valence-electron chi connectivity index (χ4n) is 3.20. The zero-order valence-electron chi connectivity index (χ0n) is 11.0. The first-order valence-corrected chi connectivity index (χ1v) is 6.93. The zero-order chi connectivity index (χ0) is 13.0. The zero-order valence-corrected chi connectivity index (χ0v) is 11.0. The van der Waals surface area contributed by atoms with Gasteiger partial charge in [-0.05, 0) is 25.2 Å². The lowest BCUT2D eigenvalue weighted by Crippen LogP contribution is -2.51. The number of hydrogen-bond acceptors (Lipinski definition) is 4. The third-order valence-corrected chi connectivity index (χ3v) is 4.38. The maximum absolute atomic E-state index is 9.30. The summed E-state index contributed by atoms with van der Waals surface area (Å²) in [5.41, 5.74) is 0. The van der Waals surface area contributed by atoms with Gasteiger partial charge in [0, 0.05) is 19.1 Å².